The summed E-state index contributed by atoms with van der Waals surface area (Å²) in [6.45, 7) is 3.15. The van der Waals surface area contributed by atoms with Crippen LogP contribution in [0.3, 0.4) is 0 Å². The smallest absolute Gasteiger partial charge is 0.319 e. The van der Waals surface area contributed by atoms with Gasteiger partial charge in [-0.1, -0.05) is 31.0 Å². The van der Waals surface area contributed by atoms with Crippen LogP contribution in [0, 0.1) is 30.1 Å². The first-order chi connectivity index (χ1) is 18.0. The molecule has 0 aromatic heterocycles. The van der Waals surface area contributed by atoms with Crippen LogP contribution in [-0.2, 0) is 9.53 Å². The van der Waals surface area contributed by atoms with Crippen LogP contribution >= 0.6 is 0 Å². The number of fused-ring (bicyclic) bond motifs is 3. The van der Waals surface area contributed by atoms with E-state index < -0.39 is 0 Å². The number of methoxy groups -OCH3 is 1. The van der Waals surface area contributed by atoms with E-state index >= 15 is 0 Å². The predicted octanol–water partition coefficient (Wildman–Crippen LogP) is 4.58. The summed E-state index contributed by atoms with van der Waals surface area (Å²) in [5.74, 6) is 0.181. The van der Waals surface area contributed by atoms with Gasteiger partial charge in [0, 0.05) is 37.0 Å². The summed E-state index contributed by atoms with van der Waals surface area (Å²) in [5, 5.41) is 18.8. The SMILES string of the molecule is COCC1Nc2ccccc2C2C1CCN2C(=O)C1CCCCC1NC(=O)Nc1ccc(C#N)c(C)c1. The van der Waals surface area contributed by atoms with Gasteiger partial charge in [0.15, 0.2) is 0 Å². The maximum atomic E-state index is 14.1. The molecular formula is C29H35N5O3. The predicted molar refractivity (Wildman–Crippen MR) is 142 cm³/mol. The van der Waals surface area contributed by atoms with Gasteiger partial charge in [-0.05, 0) is 61.6 Å². The number of benzene rings is 2. The van der Waals surface area contributed by atoms with Gasteiger partial charge < -0.3 is 25.6 Å². The summed E-state index contributed by atoms with van der Waals surface area (Å²) in [5.41, 5.74) is 4.26. The number of hydrogen-bond acceptors (Lipinski definition) is 5. The molecule has 2 fully saturated rings. The Bertz CT molecular complexity index is 1210. The van der Waals surface area contributed by atoms with E-state index in [2.05, 4.69) is 39.1 Å². The molecule has 5 atom stereocenters. The lowest BCUT2D eigenvalue weighted by atomic mass is 9.81. The lowest BCUT2D eigenvalue weighted by Gasteiger charge is -2.41. The van der Waals surface area contributed by atoms with E-state index in [1.807, 2.05) is 19.1 Å². The van der Waals surface area contributed by atoms with Gasteiger partial charge in [0.1, 0.15) is 0 Å². The molecule has 194 valence electrons. The van der Waals surface area contributed by atoms with E-state index in [0.29, 0.717) is 24.4 Å². The summed E-state index contributed by atoms with van der Waals surface area (Å²) in [4.78, 5) is 29.0. The average molecular weight is 502 g/mol. The van der Waals surface area contributed by atoms with Crippen LogP contribution in [0.5, 0.6) is 0 Å². The Hall–Kier alpha value is -3.57. The van der Waals surface area contributed by atoms with Crippen LogP contribution in [0.1, 0.15) is 54.8 Å². The lowest BCUT2D eigenvalue weighted by molar-refractivity contribution is -0.138. The largest absolute Gasteiger partial charge is 0.383 e. The number of rotatable bonds is 5. The van der Waals surface area contributed by atoms with Crippen molar-refractivity contribution in [1.82, 2.24) is 10.2 Å². The molecule has 5 unspecified atom stereocenters. The molecule has 0 bridgehead atoms. The first-order valence-electron chi connectivity index (χ1n) is 13.2. The fraction of sp³-hybridized carbons (Fsp3) is 0.483. The second-order valence-electron chi connectivity index (χ2n) is 10.5. The van der Waals surface area contributed by atoms with E-state index in [9.17, 15) is 9.59 Å². The van der Waals surface area contributed by atoms with Crippen LogP contribution in [0.2, 0.25) is 0 Å². The molecule has 1 aliphatic carbocycles. The van der Waals surface area contributed by atoms with Crippen LogP contribution < -0.4 is 16.0 Å². The summed E-state index contributed by atoms with van der Waals surface area (Å²) < 4.78 is 5.51. The number of carbonyl (C=O) groups excluding carboxylic acids is 2. The van der Waals surface area contributed by atoms with E-state index in [-0.39, 0.29) is 41.9 Å². The van der Waals surface area contributed by atoms with Gasteiger partial charge in [0.2, 0.25) is 5.91 Å². The minimum atomic E-state index is -0.319. The van der Waals surface area contributed by atoms with E-state index in [1.54, 1.807) is 25.3 Å². The van der Waals surface area contributed by atoms with Crippen LogP contribution in [0.25, 0.3) is 0 Å². The van der Waals surface area contributed by atoms with E-state index in [4.69, 9.17) is 10.00 Å². The number of ether oxygens (including phenoxy) is 1. The molecule has 5 rings (SSSR count). The summed E-state index contributed by atoms with van der Waals surface area (Å²) >= 11 is 0. The number of amides is 3. The summed E-state index contributed by atoms with van der Waals surface area (Å²) in [6.07, 6.45) is 4.45. The molecule has 3 amide bonds. The quantitative estimate of drug-likeness (QED) is 0.556. The average Bonchev–Trinajstić information content (AvgIpc) is 3.35. The number of anilines is 2. The van der Waals surface area contributed by atoms with Crippen molar-refractivity contribution in [2.24, 2.45) is 11.8 Å². The maximum Gasteiger partial charge on any atom is 0.319 e. The molecule has 8 heteroatoms. The van der Waals surface area contributed by atoms with Crippen molar-refractivity contribution in [3.63, 3.8) is 0 Å². The summed E-state index contributed by atoms with van der Waals surface area (Å²) in [7, 11) is 1.72. The van der Waals surface area contributed by atoms with Crippen molar-refractivity contribution < 1.29 is 14.3 Å². The van der Waals surface area contributed by atoms with Crippen molar-refractivity contribution in [3.8, 4) is 6.07 Å². The Morgan fingerprint density at radius 1 is 1.16 bits per heavy atom. The second-order valence-corrected chi connectivity index (χ2v) is 10.5. The van der Waals surface area contributed by atoms with Crippen LogP contribution in [-0.4, -0.2) is 49.2 Å². The van der Waals surface area contributed by atoms with Gasteiger partial charge in [-0.3, -0.25) is 4.79 Å². The molecule has 0 radical (unpaired) electrons. The normalized spacial score (nSPS) is 26.3. The highest BCUT2D eigenvalue weighted by Crippen LogP contribution is 2.47. The Morgan fingerprint density at radius 2 is 1.97 bits per heavy atom. The number of para-hydroxylation sites is 1. The van der Waals surface area contributed by atoms with Gasteiger partial charge in [-0.25, -0.2) is 4.79 Å². The minimum absolute atomic E-state index is 0.0168. The molecule has 2 heterocycles. The zero-order valence-corrected chi connectivity index (χ0v) is 21.5. The molecule has 37 heavy (non-hydrogen) atoms. The highest BCUT2D eigenvalue weighted by atomic mass is 16.5. The molecule has 2 aromatic rings. The third-order valence-electron chi connectivity index (χ3n) is 8.22. The van der Waals surface area contributed by atoms with Gasteiger partial charge in [-0.2, -0.15) is 5.26 Å². The third kappa shape index (κ3) is 5.01. The fourth-order valence-corrected chi connectivity index (χ4v) is 6.44. The number of likely N-dealkylation sites (tertiary alicyclic amines) is 1. The van der Waals surface area contributed by atoms with Crippen molar-refractivity contribution in [3.05, 3.63) is 59.2 Å². The van der Waals surface area contributed by atoms with E-state index in [1.165, 1.54) is 5.56 Å². The van der Waals surface area contributed by atoms with Gasteiger partial charge in [0.25, 0.3) is 0 Å². The second kappa shape index (κ2) is 10.8. The Morgan fingerprint density at radius 3 is 2.76 bits per heavy atom. The number of aryl methyl sites for hydroxylation is 1. The maximum absolute atomic E-state index is 14.1. The fourth-order valence-electron chi connectivity index (χ4n) is 6.44. The number of nitrogens with zero attached hydrogens (tertiary/aromatic N) is 2. The topological polar surface area (TPSA) is 106 Å². The van der Waals surface area contributed by atoms with Gasteiger partial charge >= 0.3 is 6.03 Å². The minimum Gasteiger partial charge on any atom is -0.383 e. The molecule has 0 spiro atoms. The molecule has 1 saturated carbocycles. The molecule has 2 aromatic carbocycles. The monoisotopic (exact) mass is 501 g/mol. The molecule has 3 aliphatic rings. The zero-order valence-electron chi connectivity index (χ0n) is 21.5. The first kappa shape index (κ1) is 25.1. The van der Waals surface area contributed by atoms with Crippen molar-refractivity contribution in [2.75, 3.05) is 30.9 Å². The number of nitriles is 1. The number of carbonyl (C=O) groups is 2. The standard InChI is InChI=1S/C29H35N5O3/c1-18-15-20(12-11-19(18)16-30)31-29(36)33-25-10-6-4-8-23(25)28(35)34-14-13-22-26(17-37-2)32-24-9-5-3-7-21(24)27(22)34/h3,5,7,9,11-12,15,22-23,25-27,32H,4,6,8,10,13-14,17H2,1-2H3,(H2,31,33,36). The molecule has 2 aliphatic heterocycles. The zero-order chi connectivity index (χ0) is 25.9. The van der Waals surface area contributed by atoms with Crippen molar-refractivity contribution >= 4 is 23.3 Å². The van der Waals surface area contributed by atoms with Gasteiger partial charge in [-0.15, -0.1) is 0 Å². The Kier molecular flexibility index (Phi) is 7.33. The van der Waals surface area contributed by atoms with Gasteiger partial charge in [0.05, 0.1) is 36.2 Å². The first-order valence-corrected chi connectivity index (χ1v) is 13.2. The number of urea groups is 1. The number of hydrogen-bond donors (Lipinski definition) is 3. The van der Waals surface area contributed by atoms with Crippen LogP contribution in [0.15, 0.2) is 42.5 Å². The molecule has 1 saturated heterocycles. The highest BCUT2D eigenvalue weighted by Gasteiger charge is 2.48. The lowest BCUT2D eigenvalue weighted by Crippen LogP contribution is -2.51. The van der Waals surface area contributed by atoms with Crippen molar-refractivity contribution in [2.45, 2.75) is 57.2 Å². The third-order valence-corrected chi connectivity index (χ3v) is 8.22. The highest BCUT2D eigenvalue weighted by molar-refractivity contribution is 5.90. The summed E-state index contributed by atoms with van der Waals surface area (Å²) in [6, 6.07) is 15.3. The Balaban J connectivity index is 1.32. The van der Waals surface area contributed by atoms with Crippen molar-refractivity contribution in [1.29, 1.82) is 5.26 Å². The number of nitrogens with one attached hydrogen (secondary N) is 3. The molecule has 8 nitrogen and oxygen atoms in total. The molecule has 3 N–H and O–H groups in total. The van der Waals surface area contributed by atoms with E-state index in [0.717, 1.165) is 43.4 Å². The molecular weight excluding hydrogens is 466 g/mol. The van der Waals surface area contributed by atoms with Crippen LogP contribution in [0.4, 0.5) is 16.2 Å². The Labute approximate surface area is 218 Å².